The van der Waals surface area contributed by atoms with Gasteiger partial charge in [0, 0.05) is 24.5 Å². The molecule has 1 aromatic rings. The topological polar surface area (TPSA) is 78.6 Å². The van der Waals surface area contributed by atoms with Crippen LogP contribution in [0.15, 0.2) is 18.2 Å². The largest absolute Gasteiger partial charge is 0.399 e. The first-order valence-corrected chi connectivity index (χ1v) is 7.53. The van der Waals surface area contributed by atoms with Crippen LogP contribution in [0.3, 0.4) is 0 Å². The van der Waals surface area contributed by atoms with Crippen molar-refractivity contribution in [3.63, 3.8) is 0 Å². The van der Waals surface area contributed by atoms with Gasteiger partial charge in [-0.1, -0.05) is 6.07 Å². The number of hydrogen-bond donors (Lipinski definition) is 3. The molecule has 2 unspecified atom stereocenters. The fourth-order valence-electron chi connectivity index (χ4n) is 2.81. The van der Waals surface area contributed by atoms with Gasteiger partial charge in [0.05, 0.1) is 6.04 Å². The van der Waals surface area contributed by atoms with E-state index < -0.39 is 0 Å². The van der Waals surface area contributed by atoms with Crippen LogP contribution in [-0.2, 0) is 4.79 Å². The van der Waals surface area contributed by atoms with Gasteiger partial charge in [-0.2, -0.15) is 0 Å². The second-order valence-corrected chi connectivity index (χ2v) is 5.90. The van der Waals surface area contributed by atoms with Crippen LogP contribution in [0, 0.1) is 12.8 Å². The highest BCUT2D eigenvalue weighted by Gasteiger charge is 2.29. The maximum absolute atomic E-state index is 12.4. The minimum atomic E-state index is -0.172. The second kappa shape index (κ2) is 6.91. The first-order chi connectivity index (χ1) is 10.0. The molecule has 1 aliphatic rings. The van der Waals surface area contributed by atoms with E-state index in [4.69, 9.17) is 10.8 Å². The van der Waals surface area contributed by atoms with Gasteiger partial charge in [-0.25, -0.2) is 0 Å². The molecule has 0 bridgehead atoms. The molecule has 0 radical (unpaired) electrons. The Kier molecular flexibility index (Phi) is 5.20. The van der Waals surface area contributed by atoms with Gasteiger partial charge in [0.25, 0.3) is 0 Å². The molecule has 2 rings (SSSR count). The third kappa shape index (κ3) is 3.95. The van der Waals surface area contributed by atoms with E-state index in [1.54, 1.807) is 6.07 Å². The summed E-state index contributed by atoms with van der Waals surface area (Å²) in [6.45, 7) is 5.90. The number of amides is 1. The maximum Gasteiger partial charge on any atom is 0.241 e. The van der Waals surface area contributed by atoms with Crippen molar-refractivity contribution >= 4 is 17.3 Å². The number of hydrogen-bond acceptors (Lipinski definition) is 4. The quantitative estimate of drug-likeness (QED) is 0.720. The number of carbonyl (C=O) groups is 1. The molecule has 0 aliphatic carbocycles. The molecular formula is C16H25N3O2. The predicted molar refractivity (Wildman–Crippen MR) is 85.1 cm³/mol. The van der Waals surface area contributed by atoms with Gasteiger partial charge in [-0.05, 0) is 56.8 Å². The van der Waals surface area contributed by atoms with Gasteiger partial charge in [0.2, 0.25) is 5.91 Å². The van der Waals surface area contributed by atoms with E-state index in [1.807, 2.05) is 26.0 Å². The Bertz CT molecular complexity index is 504. The zero-order valence-electron chi connectivity index (χ0n) is 12.8. The Morgan fingerprint density at radius 1 is 1.57 bits per heavy atom. The van der Waals surface area contributed by atoms with Crippen molar-refractivity contribution < 1.29 is 9.90 Å². The number of rotatable bonds is 5. The van der Waals surface area contributed by atoms with Gasteiger partial charge >= 0.3 is 0 Å². The molecule has 5 nitrogen and oxygen atoms in total. The minimum Gasteiger partial charge on any atom is -0.399 e. The number of aryl methyl sites for hydroxylation is 1. The number of anilines is 2. The van der Waals surface area contributed by atoms with Crippen LogP contribution >= 0.6 is 0 Å². The van der Waals surface area contributed by atoms with Crippen LogP contribution < -0.4 is 11.1 Å². The van der Waals surface area contributed by atoms with E-state index in [-0.39, 0.29) is 18.6 Å². The van der Waals surface area contributed by atoms with Crippen LogP contribution in [0.1, 0.15) is 25.3 Å². The van der Waals surface area contributed by atoms with Crippen molar-refractivity contribution in [1.82, 2.24) is 4.90 Å². The Morgan fingerprint density at radius 2 is 2.33 bits per heavy atom. The minimum absolute atomic E-state index is 0.00616. The number of carbonyl (C=O) groups excluding carboxylic acids is 1. The smallest absolute Gasteiger partial charge is 0.241 e. The Hall–Kier alpha value is -1.59. The lowest BCUT2D eigenvalue weighted by atomic mass is 10.1. The first kappa shape index (κ1) is 15.8. The van der Waals surface area contributed by atoms with Gasteiger partial charge in [0.15, 0.2) is 0 Å². The van der Waals surface area contributed by atoms with E-state index in [0.29, 0.717) is 11.6 Å². The van der Waals surface area contributed by atoms with Crippen molar-refractivity contribution in [1.29, 1.82) is 0 Å². The zero-order chi connectivity index (χ0) is 15.4. The summed E-state index contributed by atoms with van der Waals surface area (Å²) in [5.41, 5.74) is 8.19. The maximum atomic E-state index is 12.4. The van der Waals surface area contributed by atoms with Crippen molar-refractivity contribution in [3.8, 4) is 0 Å². The fourth-order valence-corrected chi connectivity index (χ4v) is 2.81. The molecule has 1 aliphatic heterocycles. The lowest BCUT2D eigenvalue weighted by molar-refractivity contribution is -0.120. The third-order valence-electron chi connectivity index (χ3n) is 4.30. The normalized spacial score (nSPS) is 20.4. The molecule has 1 fully saturated rings. The Morgan fingerprint density at radius 3 is 3.05 bits per heavy atom. The number of aliphatic hydroxyl groups excluding tert-OH is 1. The molecule has 0 aromatic heterocycles. The molecule has 4 N–H and O–H groups in total. The molecule has 1 aromatic carbocycles. The van der Waals surface area contributed by atoms with Crippen molar-refractivity contribution in [2.45, 2.75) is 32.7 Å². The number of aliphatic hydroxyl groups is 1. The Balaban J connectivity index is 1.95. The van der Waals surface area contributed by atoms with Crippen LogP contribution in [0.5, 0.6) is 0 Å². The molecule has 1 saturated heterocycles. The molecular weight excluding hydrogens is 266 g/mol. The van der Waals surface area contributed by atoms with Gasteiger partial charge < -0.3 is 16.2 Å². The summed E-state index contributed by atoms with van der Waals surface area (Å²) < 4.78 is 0. The van der Waals surface area contributed by atoms with Gasteiger partial charge in [0.1, 0.15) is 0 Å². The van der Waals surface area contributed by atoms with Crippen LogP contribution in [0.25, 0.3) is 0 Å². The summed E-state index contributed by atoms with van der Waals surface area (Å²) in [4.78, 5) is 14.6. The number of nitrogens with zero attached hydrogens (tertiary/aromatic N) is 1. The molecule has 21 heavy (non-hydrogen) atoms. The SMILES string of the molecule is Cc1ccc(N)cc1NC(=O)C(C)N1CCC(CCO)C1. The van der Waals surface area contributed by atoms with Crippen LogP contribution in [0.4, 0.5) is 11.4 Å². The summed E-state index contributed by atoms with van der Waals surface area (Å²) in [7, 11) is 0. The summed E-state index contributed by atoms with van der Waals surface area (Å²) in [6, 6.07) is 5.35. The highest BCUT2D eigenvalue weighted by Crippen LogP contribution is 2.23. The predicted octanol–water partition coefficient (Wildman–Crippen LogP) is 1.61. The standard InChI is InChI=1S/C16H25N3O2/c1-11-3-4-14(17)9-15(11)18-16(21)12(2)19-7-5-13(10-19)6-8-20/h3-4,9,12-13,20H,5-8,10,17H2,1-2H3,(H,18,21). The molecule has 0 saturated carbocycles. The van der Waals surface area contributed by atoms with Crippen molar-refractivity contribution in [2.75, 3.05) is 30.7 Å². The van der Waals surface area contributed by atoms with Gasteiger partial charge in [-0.3, -0.25) is 9.69 Å². The average Bonchev–Trinajstić information content (AvgIpc) is 2.91. The molecule has 116 valence electrons. The lowest BCUT2D eigenvalue weighted by Gasteiger charge is -2.24. The van der Waals surface area contributed by atoms with E-state index in [0.717, 1.165) is 37.2 Å². The number of likely N-dealkylation sites (tertiary alicyclic amines) is 1. The summed E-state index contributed by atoms with van der Waals surface area (Å²) in [6.07, 6.45) is 1.87. The molecule has 1 amide bonds. The second-order valence-electron chi connectivity index (χ2n) is 5.90. The number of benzene rings is 1. The molecule has 2 atom stereocenters. The Labute approximate surface area is 126 Å². The number of nitrogens with one attached hydrogen (secondary N) is 1. The highest BCUT2D eigenvalue weighted by molar-refractivity contribution is 5.95. The summed E-state index contributed by atoms with van der Waals surface area (Å²) >= 11 is 0. The van der Waals surface area contributed by atoms with Crippen LogP contribution in [-0.4, -0.2) is 41.7 Å². The molecule has 0 spiro atoms. The van der Waals surface area contributed by atoms with Crippen molar-refractivity contribution in [2.24, 2.45) is 5.92 Å². The number of nitrogen functional groups attached to an aromatic ring is 1. The summed E-state index contributed by atoms with van der Waals surface area (Å²) in [5.74, 6) is 0.493. The van der Waals surface area contributed by atoms with E-state index in [9.17, 15) is 4.79 Å². The summed E-state index contributed by atoms with van der Waals surface area (Å²) in [5, 5.41) is 12.0. The van der Waals surface area contributed by atoms with E-state index in [2.05, 4.69) is 10.2 Å². The lowest BCUT2D eigenvalue weighted by Crippen LogP contribution is -2.40. The monoisotopic (exact) mass is 291 g/mol. The first-order valence-electron chi connectivity index (χ1n) is 7.53. The third-order valence-corrected chi connectivity index (χ3v) is 4.30. The van der Waals surface area contributed by atoms with Crippen LogP contribution in [0.2, 0.25) is 0 Å². The van der Waals surface area contributed by atoms with Gasteiger partial charge in [-0.15, -0.1) is 0 Å². The van der Waals surface area contributed by atoms with E-state index in [1.165, 1.54) is 0 Å². The molecule has 1 heterocycles. The fraction of sp³-hybridized carbons (Fsp3) is 0.562. The number of nitrogens with two attached hydrogens (primary N) is 1. The van der Waals surface area contributed by atoms with Crippen molar-refractivity contribution in [3.05, 3.63) is 23.8 Å². The molecule has 5 heteroatoms. The van der Waals surface area contributed by atoms with E-state index >= 15 is 0 Å². The highest BCUT2D eigenvalue weighted by atomic mass is 16.3. The zero-order valence-corrected chi connectivity index (χ0v) is 12.8. The average molecular weight is 291 g/mol.